The number of esters is 4. The van der Waals surface area contributed by atoms with Crippen molar-refractivity contribution in [1.29, 1.82) is 0 Å². The highest BCUT2D eigenvalue weighted by atomic mass is 16.7. The minimum atomic E-state index is -1.16. The molecule has 0 aliphatic carbocycles. The molecule has 147 heavy (non-hydrogen) atoms. The second-order valence-corrected chi connectivity index (χ2v) is 37.3. The van der Waals surface area contributed by atoms with Gasteiger partial charge in [0, 0.05) is 81.2 Å². The van der Waals surface area contributed by atoms with Gasteiger partial charge in [-0.25, -0.2) is 34.8 Å². The Bertz CT molecular complexity index is 5660. The van der Waals surface area contributed by atoms with Gasteiger partial charge in [-0.15, -0.1) is 0 Å². The summed E-state index contributed by atoms with van der Waals surface area (Å²) in [5.74, 6) is -9.15. The number of nitrogens with one attached hydrogen (secondary N) is 8. The van der Waals surface area contributed by atoms with Gasteiger partial charge in [0.05, 0.1) is 51.5 Å². The van der Waals surface area contributed by atoms with Crippen molar-refractivity contribution in [2.45, 2.75) is 247 Å². The maximum atomic E-state index is 13.7. The molecular weight excluding hydrogens is 1910 g/mol. The lowest BCUT2D eigenvalue weighted by Crippen LogP contribution is -2.65. The van der Waals surface area contributed by atoms with Gasteiger partial charge in [-0.2, -0.15) is 0 Å². The normalized spacial score (nSPS) is 24.1. The Labute approximate surface area is 844 Å². The summed E-state index contributed by atoms with van der Waals surface area (Å²) in [7, 11) is 1.36. The summed E-state index contributed by atoms with van der Waals surface area (Å²) < 4.78 is 37.4. The fourth-order valence-electron chi connectivity index (χ4n) is 18.5. The van der Waals surface area contributed by atoms with Crippen LogP contribution in [0.25, 0.3) is 0 Å². The van der Waals surface area contributed by atoms with Crippen molar-refractivity contribution in [2.75, 3.05) is 39.8 Å². The second kappa shape index (κ2) is 49.6. The number of benzene rings is 6. The van der Waals surface area contributed by atoms with Crippen LogP contribution in [-0.2, 0) is 123 Å². The van der Waals surface area contributed by atoms with Crippen molar-refractivity contribution in [1.82, 2.24) is 87.7 Å². The van der Waals surface area contributed by atoms with Crippen LogP contribution in [0.15, 0.2) is 182 Å². The van der Waals surface area contributed by atoms with Gasteiger partial charge >= 0.3 is 29.9 Å². The highest BCUT2D eigenvalue weighted by Crippen LogP contribution is 2.33. The third kappa shape index (κ3) is 27.4. The summed E-state index contributed by atoms with van der Waals surface area (Å²) >= 11 is 0. The summed E-state index contributed by atoms with van der Waals surface area (Å²) in [6, 6.07) is 41.3. The SMILES string of the molecule is CC(C)(C)OC(=O)C[C@@H](C=O)NC(=O)[C@@H]1CCCN2C(=O)CCC(NC(=O)c3ccccc3)C(=O)N12.COC1OC(=O)C[C@@H]1NC(=O)[C@@H]1CCCN2C(=O)CCC(NC(=O)c3ccccc3)C(=O)N12.O=C1C[C@H](NC(=O)[C@@H]2CCCN3C(=O)CCN(NC(=O)c4ccccc4)C(=O)N23)C(OCc2ccccc2)O1.O=C1C[C@H](NC(=O)[C@@H]2CCCN3C(=O)CC[C@H](NC(=O)c4ccccc4)C(=O)N23)C(OCc2ccccc2)O1. The molecule has 11 fully saturated rings. The van der Waals surface area contributed by atoms with E-state index in [0.29, 0.717) is 86.6 Å². The molecule has 6 aromatic carbocycles. The average Bonchev–Trinajstić information content (AvgIpc) is 1.69. The van der Waals surface area contributed by atoms with Gasteiger partial charge in [0.2, 0.25) is 66.1 Å². The number of nitrogens with zero attached hydrogens (tertiary/aromatic N) is 9. The number of hydrogen-bond donors (Lipinski definition) is 8. The monoisotopic (exact) mass is 2030 g/mol. The van der Waals surface area contributed by atoms with Crippen LogP contribution < -0.4 is 42.6 Å². The standard InChI is InChI=1S/C28H30N4O7.C27H29N5O7.C25H32N4O7.C22H26N4O7/c33-23-14-13-20(29-25(35)19-10-5-2-6-11-19)27(37)32-22(12-7-15-31(23)32)26(36)30-21-16-24(34)39-28(21)38-17-18-8-3-1-4-9-18;33-22-13-15-30(29-24(35)19-10-5-2-6-11-19)27(37)32-21(12-7-14-31(22)32)25(36)28-20-16-23(34)39-26(20)38-17-18-8-3-1-4-9-18;1-25(2,3)36-21(32)14-17(15-30)26-23(34)19-10-7-13-28-20(31)12-11-18(24(35)29(19)28)27-22(33)16-8-5-4-6-9-16;1-32-22-15(12-18(28)33-22)24-20(30)16-8-5-11-25-17(27)10-9-14(21(31)26(16)25)23-19(29)13-6-3-2-4-7-13/h1-6,8-11,20-22,28H,7,12-17H2,(H,29,35)(H,30,36);1-6,8-11,20-21,26H,7,12-17H2,(H,28,36)(H,29,35);4-6,8-9,15,17-19H,7,10-14H2,1-3H3,(H,26,34)(H,27,33);2-4,6-7,14-16,22H,5,8-12H2,1H3,(H,23,29)(H,24,30)/t20-,21-,22-,28?;20-,21-,26?;17-,18?,19-;14?,15-,16-,22?/m0000/s1. The molecule has 17 rings (SSSR count). The number of fused-ring (bicyclic) bond motifs is 4. The van der Waals surface area contributed by atoms with Crippen molar-refractivity contribution in [3.05, 3.63) is 215 Å². The maximum absolute atomic E-state index is 13.7. The van der Waals surface area contributed by atoms with Crippen molar-refractivity contribution in [2.24, 2.45) is 0 Å². The van der Waals surface area contributed by atoms with Crippen LogP contribution in [0.4, 0.5) is 4.79 Å². The zero-order valence-corrected chi connectivity index (χ0v) is 81.3. The molecule has 45 nitrogen and oxygen atoms in total. The molecule has 0 spiro atoms. The maximum Gasteiger partial charge on any atom is 0.358 e. The zero-order chi connectivity index (χ0) is 105. The van der Waals surface area contributed by atoms with Crippen LogP contribution in [-0.4, -0.2) is 301 Å². The number of amides is 17. The van der Waals surface area contributed by atoms with E-state index in [4.69, 9.17) is 33.2 Å². The molecule has 0 bridgehead atoms. The van der Waals surface area contributed by atoms with Crippen LogP contribution in [0.3, 0.4) is 0 Å². The molecule has 0 radical (unpaired) electrons. The fraction of sp³-hybridized carbons (Fsp3) is 0.441. The summed E-state index contributed by atoms with van der Waals surface area (Å²) in [5, 5.41) is 29.7. The second-order valence-electron chi connectivity index (χ2n) is 37.3. The van der Waals surface area contributed by atoms with Crippen LogP contribution in [0.2, 0.25) is 0 Å². The number of urea groups is 1. The predicted octanol–water partition coefficient (Wildman–Crippen LogP) is 3.07. The Morgan fingerprint density at radius 2 is 0.680 bits per heavy atom. The third-order valence-electron chi connectivity index (χ3n) is 25.7. The van der Waals surface area contributed by atoms with Gasteiger partial charge in [-0.3, -0.25) is 112 Å². The van der Waals surface area contributed by atoms with Crippen molar-refractivity contribution < 1.29 is 134 Å². The van der Waals surface area contributed by atoms with Crippen molar-refractivity contribution >= 4 is 125 Å². The van der Waals surface area contributed by atoms with Gasteiger partial charge < -0.3 is 75.2 Å². The van der Waals surface area contributed by atoms with Crippen LogP contribution in [0.1, 0.15) is 195 Å². The highest BCUT2D eigenvalue weighted by Gasteiger charge is 2.53. The summed E-state index contributed by atoms with van der Waals surface area (Å²) in [5.41, 5.74) is 5.05. The zero-order valence-electron chi connectivity index (χ0n) is 81.3. The Balaban J connectivity index is 0.000000155. The Hall–Kier alpha value is -15.9. The number of carbonyl (C=O) groups excluding carboxylic acids is 21. The number of cyclic esters (lactones) is 3. The minimum absolute atomic E-state index is 0.0198. The topological polar surface area (TPSA) is 548 Å². The lowest BCUT2D eigenvalue weighted by Gasteiger charge is -2.43. The van der Waals surface area contributed by atoms with Gasteiger partial charge in [0.25, 0.3) is 41.4 Å². The lowest BCUT2D eigenvalue weighted by atomic mass is 10.0. The quantitative estimate of drug-likeness (QED) is 0.0220. The predicted molar refractivity (Wildman–Crippen MR) is 510 cm³/mol. The molecule has 0 saturated carbocycles. The summed E-state index contributed by atoms with van der Waals surface area (Å²) in [6.45, 7) is 6.49. The van der Waals surface area contributed by atoms with Crippen molar-refractivity contribution in [3.63, 3.8) is 0 Å². The Morgan fingerprint density at radius 3 is 1.02 bits per heavy atom. The summed E-state index contributed by atoms with van der Waals surface area (Å²) in [4.78, 5) is 269. The molecule has 778 valence electrons. The van der Waals surface area contributed by atoms with E-state index in [1.165, 1.54) is 37.2 Å². The smallest absolute Gasteiger partial charge is 0.358 e. The molecule has 5 unspecified atom stereocenters. The van der Waals surface area contributed by atoms with Gasteiger partial charge in [0.15, 0.2) is 0 Å². The number of hydrogen-bond acceptors (Lipinski definition) is 28. The Morgan fingerprint density at radius 1 is 0.374 bits per heavy atom. The minimum Gasteiger partial charge on any atom is -0.460 e. The van der Waals surface area contributed by atoms with E-state index in [1.54, 1.807) is 142 Å². The largest absolute Gasteiger partial charge is 0.460 e. The number of hydrazine groups is 5. The molecule has 11 saturated heterocycles. The first-order valence-corrected chi connectivity index (χ1v) is 48.8. The molecule has 11 aliphatic rings. The molecule has 17 amide bonds. The number of rotatable bonds is 26. The van der Waals surface area contributed by atoms with Crippen LogP contribution in [0.5, 0.6) is 0 Å². The first-order chi connectivity index (χ1) is 70.7. The molecule has 11 aliphatic heterocycles. The molecule has 0 aromatic heterocycles. The molecule has 45 heteroatoms. The number of ether oxygens (including phenoxy) is 7. The number of carbonyl (C=O) groups is 21. The van der Waals surface area contributed by atoms with Gasteiger partial charge in [-0.1, -0.05) is 133 Å². The van der Waals surface area contributed by atoms with Gasteiger partial charge in [0.1, 0.15) is 72.3 Å². The van der Waals surface area contributed by atoms with E-state index >= 15 is 0 Å². The molecule has 8 N–H and O–H groups in total. The third-order valence-corrected chi connectivity index (χ3v) is 25.7. The van der Waals surface area contributed by atoms with Crippen molar-refractivity contribution in [3.8, 4) is 0 Å². The van der Waals surface area contributed by atoms with E-state index in [-0.39, 0.29) is 134 Å². The summed E-state index contributed by atoms with van der Waals surface area (Å²) in [6.07, 6.45) is 0.602. The van der Waals surface area contributed by atoms with E-state index in [1.807, 2.05) is 60.7 Å². The molecule has 6 aromatic rings. The Kier molecular flexibility index (Phi) is 36.0. The highest BCUT2D eigenvalue weighted by molar-refractivity contribution is 6.04. The first-order valence-electron chi connectivity index (χ1n) is 48.8. The van der Waals surface area contributed by atoms with E-state index in [9.17, 15) is 101 Å². The van der Waals surface area contributed by atoms with Crippen LogP contribution in [0, 0.1) is 0 Å². The fourth-order valence-corrected chi connectivity index (χ4v) is 18.5. The van der Waals surface area contributed by atoms with E-state index in [0.717, 1.165) is 26.2 Å². The van der Waals surface area contributed by atoms with E-state index < -0.39 is 186 Å². The molecule has 11 heterocycles. The van der Waals surface area contributed by atoms with Gasteiger partial charge in [-0.05, 0) is 151 Å². The number of aldehydes is 1. The lowest BCUT2D eigenvalue weighted by molar-refractivity contribution is -0.177. The molecular formula is C102H117N17O28. The average molecular weight is 2030 g/mol. The number of methoxy groups -OCH3 is 1. The molecule has 14 atom stereocenters. The van der Waals surface area contributed by atoms with E-state index in [2.05, 4.69) is 42.6 Å². The first kappa shape index (κ1) is 107. The van der Waals surface area contributed by atoms with Crippen LogP contribution >= 0.6 is 0 Å².